The molecule has 2 rings (SSSR count). The van der Waals surface area contributed by atoms with E-state index >= 15 is 0 Å². The Morgan fingerprint density at radius 2 is 2.05 bits per heavy atom. The van der Waals surface area contributed by atoms with E-state index in [1.807, 2.05) is 31.2 Å². The largest absolute Gasteiger partial charge is 0.495 e. The summed E-state index contributed by atoms with van der Waals surface area (Å²) in [5.74, 6) is 0.442. The van der Waals surface area contributed by atoms with Crippen molar-refractivity contribution in [2.24, 2.45) is 0 Å². The molecule has 1 atom stereocenters. The number of benzene rings is 2. The highest BCUT2D eigenvalue weighted by Gasteiger charge is 2.13. The number of hydrogen-bond acceptors (Lipinski definition) is 2. The number of likely N-dealkylation sites (N-methyl/N-ethyl adjacent to an activating group) is 1. The summed E-state index contributed by atoms with van der Waals surface area (Å²) in [5.41, 5.74) is 2.01. The summed E-state index contributed by atoms with van der Waals surface area (Å²) in [6, 6.07) is 12.5. The number of hydrogen-bond donors (Lipinski definition) is 1. The Labute approximate surface area is 129 Å². The molecular weight excluding hydrogens is 289 g/mol. The lowest BCUT2D eigenvalue weighted by atomic mass is 9.98. The molecule has 0 amide bonds. The number of ether oxygens (including phenoxy) is 1. The number of nitrogens with one attached hydrogen (secondary N) is 1. The summed E-state index contributed by atoms with van der Waals surface area (Å²) in [5, 5.41) is 3.99. The zero-order valence-corrected chi connectivity index (χ0v) is 13.0. The molecule has 0 aliphatic carbocycles. The van der Waals surface area contributed by atoms with Crippen LogP contribution in [-0.4, -0.2) is 13.7 Å². The van der Waals surface area contributed by atoms with E-state index < -0.39 is 0 Å². The van der Waals surface area contributed by atoms with Gasteiger partial charge in [-0.25, -0.2) is 4.39 Å². The first kappa shape index (κ1) is 15.8. The molecule has 0 saturated heterocycles. The predicted molar refractivity (Wildman–Crippen MR) is 84.5 cm³/mol. The Morgan fingerprint density at radius 3 is 2.67 bits per heavy atom. The molecule has 21 heavy (non-hydrogen) atoms. The van der Waals surface area contributed by atoms with Gasteiger partial charge in [0.15, 0.2) is 0 Å². The second-order valence-electron chi connectivity index (χ2n) is 4.84. The van der Waals surface area contributed by atoms with Gasteiger partial charge >= 0.3 is 0 Å². The molecule has 1 unspecified atom stereocenters. The zero-order chi connectivity index (χ0) is 15.2. The fraction of sp³-hybridized carbons (Fsp3) is 0.294. The van der Waals surface area contributed by atoms with Crippen LogP contribution in [-0.2, 0) is 6.42 Å². The van der Waals surface area contributed by atoms with E-state index in [1.54, 1.807) is 19.2 Å². The Bertz CT molecular complexity index is 603. The van der Waals surface area contributed by atoms with Gasteiger partial charge in [0.25, 0.3) is 0 Å². The third kappa shape index (κ3) is 4.19. The van der Waals surface area contributed by atoms with Gasteiger partial charge in [0.1, 0.15) is 11.6 Å². The van der Waals surface area contributed by atoms with Gasteiger partial charge in [-0.1, -0.05) is 36.7 Å². The second kappa shape index (κ2) is 7.43. The highest BCUT2D eigenvalue weighted by molar-refractivity contribution is 6.32. The van der Waals surface area contributed by atoms with Crippen molar-refractivity contribution >= 4 is 11.6 Å². The molecule has 1 N–H and O–H groups in total. The lowest BCUT2D eigenvalue weighted by molar-refractivity contribution is 0.414. The van der Waals surface area contributed by atoms with Crippen LogP contribution in [0.25, 0.3) is 0 Å². The minimum absolute atomic E-state index is 0.0835. The Kier molecular flexibility index (Phi) is 5.59. The summed E-state index contributed by atoms with van der Waals surface area (Å²) in [7, 11) is 1.59. The maximum Gasteiger partial charge on any atom is 0.137 e. The molecule has 0 bridgehead atoms. The quantitative estimate of drug-likeness (QED) is 0.855. The SMILES string of the molecule is CCNC(Cc1cccc(F)c1)c1ccc(OC)c(Cl)c1. The molecule has 0 spiro atoms. The molecule has 0 aromatic heterocycles. The van der Waals surface area contributed by atoms with Crippen LogP contribution in [0.15, 0.2) is 42.5 Å². The van der Waals surface area contributed by atoms with Gasteiger partial charge in [-0.3, -0.25) is 0 Å². The van der Waals surface area contributed by atoms with E-state index in [0.29, 0.717) is 17.2 Å². The van der Waals surface area contributed by atoms with Gasteiger partial charge in [-0.15, -0.1) is 0 Å². The molecule has 0 radical (unpaired) electrons. The molecule has 2 nitrogen and oxygen atoms in total. The molecule has 112 valence electrons. The summed E-state index contributed by atoms with van der Waals surface area (Å²) < 4.78 is 18.5. The third-order valence-electron chi connectivity index (χ3n) is 3.36. The van der Waals surface area contributed by atoms with Gasteiger partial charge in [0.05, 0.1) is 12.1 Å². The predicted octanol–water partition coefficient (Wildman–Crippen LogP) is 4.38. The summed E-state index contributed by atoms with van der Waals surface area (Å²) in [4.78, 5) is 0. The van der Waals surface area contributed by atoms with Gasteiger partial charge in [0.2, 0.25) is 0 Å². The topological polar surface area (TPSA) is 21.3 Å². The van der Waals surface area contributed by atoms with Crippen molar-refractivity contribution in [2.75, 3.05) is 13.7 Å². The van der Waals surface area contributed by atoms with E-state index in [4.69, 9.17) is 16.3 Å². The van der Waals surface area contributed by atoms with Crippen LogP contribution in [0, 0.1) is 5.82 Å². The number of methoxy groups -OCH3 is 1. The summed E-state index contributed by atoms with van der Waals surface area (Å²) in [6.45, 7) is 2.87. The molecule has 0 heterocycles. The van der Waals surface area contributed by atoms with E-state index in [-0.39, 0.29) is 11.9 Å². The normalized spacial score (nSPS) is 12.2. The molecule has 0 aliphatic heterocycles. The Morgan fingerprint density at radius 1 is 1.24 bits per heavy atom. The molecule has 0 saturated carbocycles. The first-order chi connectivity index (χ1) is 10.1. The van der Waals surface area contributed by atoms with Gasteiger partial charge in [-0.2, -0.15) is 0 Å². The van der Waals surface area contributed by atoms with Crippen LogP contribution in [0.4, 0.5) is 4.39 Å². The highest BCUT2D eigenvalue weighted by atomic mass is 35.5. The first-order valence-electron chi connectivity index (χ1n) is 6.95. The Balaban J connectivity index is 2.24. The van der Waals surface area contributed by atoms with Crippen LogP contribution in [0.1, 0.15) is 24.1 Å². The maximum absolute atomic E-state index is 13.3. The summed E-state index contributed by atoms with van der Waals surface area (Å²) >= 11 is 6.19. The van der Waals surface area contributed by atoms with Crippen LogP contribution in [0.3, 0.4) is 0 Å². The van der Waals surface area contributed by atoms with Crippen molar-refractivity contribution in [1.82, 2.24) is 5.32 Å². The zero-order valence-electron chi connectivity index (χ0n) is 12.2. The Hall–Kier alpha value is -1.58. The van der Waals surface area contributed by atoms with E-state index in [2.05, 4.69) is 5.32 Å². The third-order valence-corrected chi connectivity index (χ3v) is 3.65. The molecule has 0 fully saturated rings. The van der Waals surface area contributed by atoms with Gasteiger partial charge in [-0.05, 0) is 48.4 Å². The van der Waals surface area contributed by atoms with Crippen molar-refractivity contribution in [1.29, 1.82) is 0 Å². The first-order valence-corrected chi connectivity index (χ1v) is 7.33. The molecule has 2 aromatic carbocycles. The van der Waals surface area contributed by atoms with Crippen LogP contribution >= 0.6 is 11.6 Å². The average molecular weight is 308 g/mol. The average Bonchev–Trinajstić information content (AvgIpc) is 2.47. The summed E-state index contributed by atoms with van der Waals surface area (Å²) in [6.07, 6.45) is 0.703. The second-order valence-corrected chi connectivity index (χ2v) is 5.25. The lowest BCUT2D eigenvalue weighted by Gasteiger charge is -2.19. The van der Waals surface area contributed by atoms with Gasteiger partial charge in [0, 0.05) is 6.04 Å². The van der Waals surface area contributed by atoms with Crippen molar-refractivity contribution in [3.63, 3.8) is 0 Å². The van der Waals surface area contributed by atoms with Crippen molar-refractivity contribution < 1.29 is 9.13 Å². The van der Waals surface area contributed by atoms with Gasteiger partial charge < -0.3 is 10.1 Å². The smallest absolute Gasteiger partial charge is 0.137 e. The molecule has 0 aliphatic rings. The van der Waals surface area contributed by atoms with Crippen LogP contribution in [0.5, 0.6) is 5.75 Å². The minimum atomic E-state index is -0.212. The van der Waals surface area contributed by atoms with E-state index in [0.717, 1.165) is 17.7 Å². The molecular formula is C17H19ClFNO. The molecule has 2 aromatic rings. The highest BCUT2D eigenvalue weighted by Crippen LogP contribution is 2.29. The van der Waals surface area contributed by atoms with Crippen molar-refractivity contribution in [2.45, 2.75) is 19.4 Å². The lowest BCUT2D eigenvalue weighted by Crippen LogP contribution is -2.23. The van der Waals surface area contributed by atoms with Crippen molar-refractivity contribution in [3.8, 4) is 5.75 Å². The maximum atomic E-state index is 13.3. The standard InChI is InChI=1S/C17H19ClFNO/c1-3-20-16(10-12-5-4-6-14(19)9-12)13-7-8-17(21-2)15(18)11-13/h4-9,11,16,20H,3,10H2,1-2H3. The molecule has 4 heteroatoms. The van der Waals surface area contributed by atoms with E-state index in [1.165, 1.54) is 6.07 Å². The fourth-order valence-electron chi connectivity index (χ4n) is 2.35. The van der Waals surface area contributed by atoms with Crippen LogP contribution in [0.2, 0.25) is 5.02 Å². The monoisotopic (exact) mass is 307 g/mol. The van der Waals surface area contributed by atoms with E-state index in [9.17, 15) is 4.39 Å². The van der Waals surface area contributed by atoms with Crippen molar-refractivity contribution in [3.05, 3.63) is 64.4 Å². The number of rotatable bonds is 6. The minimum Gasteiger partial charge on any atom is -0.495 e. The van der Waals surface area contributed by atoms with Crippen LogP contribution < -0.4 is 10.1 Å². The fourth-order valence-corrected chi connectivity index (χ4v) is 2.62. The number of halogens is 2.